The van der Waals surface area contributed by atoms with E-state index in [-0.39, 0.29) is 0 Å². The molecule has 0 aliphatic carbocycles. The molecule has 10 aromatic carbocycles. The summed E-state index contributed by atoms with van der Waals surface area (Å²) in [5.74, 6) is 0. The summed E-state index contributed by atoms with van der Waals surface area (Å²) in [6.45, 7) is 0. The fourth-order valence-electron chi connectivity index (χ4n) is 8.56. The number of hydrogen-bond donors (Lipinski definition) is 0. The SMILES string of the molecule is c1cc(-c2ccc3ccccc3c2)cc(-c2c3ccccc3c(-c3cc4oc5ccc6ccccc6c5c4c4ccccc34)c3ccccc23)c1. The van der Waals surface area contributed by atoms with E-state index in [2.05, 4.69) is 182 Å². The Morgan fingerprint density at radius 3 is 1.55 bits per heavy atom. The van der Waals surface area contributed by atoms with Gasteiger partial charge in [-0.15, -0.1) is 0 Å². The Kier molecular flexibility index (Phi) is 6.02. The highest BCUT2D eigenvalue weighted by molar-refractivity contribution is 6.31. The van der Waals surface area contributed by atoms with Crippen molar-refractivity contribution in [2.45, 2.75) is 0 Å². The highest BCUT2D eigenvalue weighted by Gasteiger charge is 2.21. The van der Waals surface area contributed by atoms with Crippen LogP contribution in [0.1, 0.15) is 0 Å². The summed E-state index contributed by atoms with van der Waals surface area (Å²) in [6, 6.07) is 66.3. The summed E-state index contributed by atoms with van der Waals surface area (Å²) in [5, 5.41) is 14.7. The minimum absolute atomic E-state index is 0.912. The first-order valence-electron chi connectivity index (χ1n) is 17.6. The lowest BCUT2D eigenvalue weighted by atomic mass is 9.84. The number of hydrogen-bond acceptors (Lipinski definition) is 1. The average Bonchev–Trinajstić information content (AvgIpc) is 3.59. The Morgan fingerprint density at radius 1 is 0.275 bits per heavy atom. The van der Waals surface area contributed by atoms with Gasteiger partial charge >= 0.3 is 0 Å². The van der Waals surface area contributed by atoms with Crippen molar-refractivity contribution in [3.05, 3.63) is 182 Å². The Bertz CT molecular complexity index is 3140. The van der Waals surface area contributed by atoms with Crippen molar-refractivity contribution >= 4 is 75.8 Å². The van der Waals surface area contributed by atoms with Crippen molar-refractivity contribution in [2.75, 3.05) is 0 Å². The molecule has 0 saturated carbocycles. The van der Waals surface area contributed by atoms with Crippen LogP contribution in [-0.2, 0) is 0 Å². The third kappa shape index (κ3) is 4.22. The number of benzene rings is 10. The molecule has 0 atom stereocenters. The predicted octanol–water partition coefficient (Wildman–Crippen LogP) is 14.4. The topological polar surface area (TPSA) is 13.1 Å². The number of fused-ring (bicyclic) bond motifs is 10. The fraction of sp³-hybridized carbons (Fsp3) is 0. The minimum atomic E-state index is 0.912. The smallest absolute Gasteiger partial charge is 0.136 e. The van der Waals surface area contributed by atoms with Gasteiger partial charge in [-0.2, -0.15) is 0 Å². The van der Waals surface area contributed by atoms with Crippen LogP contribution in [-0.4, -0.2) is 0 Å². The van der Waals surface area contributed by atoms with Crippen molar-refractivity contribution in [3.63, 3.8) is 0 Å². The van der Waals surface area contributed by atoms with Crippen LogP contribution in [0.15, 0.2) is 186 Å². The molecule has 0 radical (unpaired) electrons. The second kappa shape index (κ2) is 10.9. The van der Waals surface area contributed by atoms with Gasteiger partial charge in [0.2, 0.25) is 0 Å². The van der Waals surface area contributed by atoms with E-state index in [1.165, 1.54) is 98.0 Å². The molecule has 0 N–H and O–H groups in total. The quantitative estimate of drug-likeness (QED) is 0.174. The molecule has 0 unspecified atom stereocenters. The summed E-state index contributed by atoms with van der Waals surface area (Å²) in [5.41, 5.74) is 9.16. The third-order valence-corrected chi connectivity index (χ3v) is 10.8. The van der Waals surface area contributed by atoms with Crippen molar-refractivity contribution in [3.8, 4) is 33.4 Å². The van der Waals surface area contributed by atoms with E-state index >= 15 is 0 Å². The summed E-state index contributed by atoms with van der Waals surface area (Å²) in [7, 11) is 0. The molecule has 0 fully saturated rings. The lowest BCUT2D eigenvalue weighted by molar-refractivity contribution is 0.669. The molecular weight excluding hydrogens is 617 g/mol. The zero-order valence-electron chi connectivity index (χ0n) is 27.7. The van der Waals surface area contributed by atoms with Gasteiger partial charge in [-0.25, -0.2) is 0 Å². The van der Waals surface area contributed by atoms with Crippen LogP contribution in [0.3, 0.4) is 0 Å². The van der Waals surface area contributed by atoms with Crippen LogP contribution in [0.2, 0.25) is 0 Å². The first kappa shape index (κ1) is 28.2. The van der Waals surface area contributed by atoms with Crippen molar-refractivity contribution in [1.82, 2.24) is 0 Å². The first-order valence-corrected chi connectivity index (χ1v) is 17.6. The van der Waals surface area contributed by atoms with Crippen LogP contribution in [0.25, 0.3) is 109 Å². The second-order valence-electron chi connectivity index (χ2n) is 13.6. The van der Waals surface area contributed by atoms with Crippen molar-refractivity contribution in [1.29, 1.82) is 0 Å². The molecule has 1 heteroatoms. The first-order chi connectivity index (χ1) is 25.3. The van der Waals surface area contributed by atoms with Crippen molar-refractivity contribution < 1.29 is 4.42 Å². The molecule has 1 nitrogen and oxygen atoms in total. The minimum Gasteiger partial charge on any atom is -0.456 e. The van der Waals surface area contributed by atoms with Crippen LogP contribution >= 0.6 is 0 Å². The van der Waals surface area contributed by atoms with Crippen LogP contribution in [0.5, 0.6) is 0 Å². The average molecular weight is 647 g/mol. The molecule has 11 aromatic rings. The van der Waals surface area contributed by atoms with Crippen LogP contribution in [0, 0.1) is 0 Å². The molecule has 0 bridgehead atoms. The Balaban J connectivity index is 1.21. The van der Waals surface area contributed by atoms with E-state index in [1.54, 1.807) is 0 Å². The monoisotopic (exact) mass is 646 g/mol. The fourth-order valence-corrected chi connectivity index (χ4v) is 8.56. The molecule has 236 valence electrons. The highest BCUT2D eigenvalue weighted by Crippen LogP contribution is 2.48. The van der Waals surface area contributed by atoms with Crippen LogP contribution < -0.4 is 0 Å². The zero-order valence-corrected chi connectivity index (χ0v) is 27.7. The number of furan rings is 1. The summed E-state index contributed by atoms with van der Waals surface area (Å²) < 4.78 is 6.73. The maximum atomic E-state index is 6.73. The number of rotatable bonds is 3. The van der Waals surface area contributed by atoms with Gasteiger partial charge in [-0.05, 0) is 112 Å². The van der Waals surface area contributed by atoms with Crippen LogP contribution in [0.4, 0.5) is 0 Å². The normalized spacial score (nSPS) is 11.9. The summed E-state index contributed by atoms with van der Waals surface area (Å²) in [4.78, 5) is 0. The van der Waals surface area contributed by atoms with E-state index < -0.39 is 0 Å². The van der Waals surface area contributed by atoms with E-state index in [0.717, 1.165) is 11.2 Å². The maximum absolute atomic E-state index is 6.73. The largest absolute Gasteiger partial charge is 0.456 e. The molecule has 0 amide bonds. The molecule has 0 aliphatic rings. The molecule has 11 rings (SSSR count). The van der Waals surface area contributed by atoms with E-state index in [1.807, 2.05) is 0 Å². The highest BCUT2D eigenvalue weighted by atomic mass is 16.3. The van der Waals surface area contributed by atoms with Gasteiger partial charge in [0, 0.05) is 10.8 Å². The Morgan fingerprint density at radius 2 is 0.804 bits per heavy atom. The van der Waals surface area contributed by atoms with Gasteiger partial charge in [0.1, 0.15) is 11.2 Å². The maximum Gasteiger partial charge on any atom is 0.136 e. The zero-order chi connectivity index (χ0) is 33.5. The van der Waals surface area contributed by atoms with E-state index in [9.17, 15) is 0 Å². The Hall–Kier alpha value is -6.70. The standard InChI is InChI=1S/C50H30O/c1-2-14-33-28-35(25-24-31(33)12-1)34-15-11-16-36(29-34)47-40-20-7-9-22-42(40)48(43-23-10-8-21-41(43)47)44-30-46-50(39-19-6-5-18-38(39)44)49-37-17-4-3-13-32(37)26-27-45(49)51-46/h1-30H. The summed E-state index contributed by atoms with van der Waals surface area (Å²) >= 11 is 0. The molecule has 0 aliphatic heterocycles. The molecule has 0 spiro atoms. The van der Waals surface area contributed by atoms with E-state index in [4.69, 9.17) is 4.42 Å². The molecule has 0 saturated heterocycles. The van der Waals surface area contributed by atoms with Gasteiger partial charge in [0.25, 0.3) is 0 Å². The molecular formula is C50H30O. The Labute approximate surface area is 294 Å². The molecule has 1 heterocycles. The van der Waals surface area contributed by atoms with Gasteiger partial charge in [-0.1, -0.05) is 158 Å². The molecule has 51 heavy (non-hydrogen) atoms. The third-order valence-electron chi connectivity index (χ3n) is 10.8. The van der Waals surface area contributed by atoms with Gasteiger partial charge in [0.05, 0.1) is 0 Å². The molecule has 1 aromatic heterocycles. The lowest BCUT2D eigenvalue weighted by Crippen LogP contribution is -1.92. The van der Waals surface area contributed by atoms with Gasteiger partial charge < -0.3 is 4.42 Å². The van der Waals surface area contributed by atoms with Crippen molar-refractivity contribution in [2.24, 2.45) is 0 Å². The lowest BCUT2D eigenvalue weighted by Gasteiger charge is -2.19. The second-order valence-corrected chi connectivity index (χ2v) is 13.6. The predicted molar refractivity (Wildman–Crippen MR) is 218 cm³/mol. The van der Waals surface area contributed by atoms with E-state index in [0.29, 0.717) is 0 Å². The van der Waals surface area contributed by atoms with Gasteiger partial charge in [-0.3, -0.25) is 0 Å². The summed E-state index contributed by atoms with van der Waals surface area (Å²) in [6.07, 6.45) is 0. The van der Waals surface area contributed by atoms with Gasteiger partial charge in [0.15, 0.2) is 0 Å².